The normalized spacial score (nSPS) is 12.8. The number of hydrogen-bond acceptors (Lipinski definition) is 2. The van der Waals surface area contributed by atoms with Gasteiger partial charge < -0.3 is 10.8 Å². The minimum atomic E-state index is 0.0575. The summed E-state index contributed by atoms with van der Waals surface area (Å²) in [6.45, 7) is 4.23. The van der Waals surface area contributed by atoms with Gasteiger partial charge in [0.05, 0.1) is 0 Å². The molecule has 0 spiro atoms. The van der Waals surface area contributed by atoms with Crippen LogP contribution in [0.25, 0.3) is 0 Å². The van der Waals surface area contributed by atoms with Crippen molar-refractivity contribution in [3.8, 4) is 5.75 Å². The van der Waals surface area contributed by atoms with E-state index in [4.69, 9.17) is 5.73 Å². The number of nitrogens with two attached hydrogens (primary N) is 1. The lowest BCUT2D eigenvalue weighted by atomic mass is 9.96. The molecule has 3 N–H and O–H groups in total. The van der Waals surface area contributed by atoms with Gasteiger partial charge in [0.2, 0.25) is 0 Å². The van der Waals surface area contributed by atoms with Crippen LogP contribution in [0.15, 0.2) is 18.2 Å². The Morgan fingerprint density at radius 1 is 1.36 bits per heavy atom. The van der Waals surface area contributed by atoms with Gasteiger partial charge in [0.25, 0.3) is 0 Å². The van der Waals surface area contributed by atoms with Crippen LogP contribution in [0.3, 0.4) is 0 Å². The highest BCUT2D eigenvalue weighted by molar-refractivity contribution is 5.36. The van der Waals surface area contributed by atoms with Crippen LogP contribution in [0.2, 0.25) is 0 Å². The number of benzene rings is 1. The number of phenols is 1. The molecule has 1 aromatic rings. The zero-order valence-corrected chi connectivity index (χ0v) is 8.96. The standard InChI is InChI=1S/C12H19NO/c1-3-5-12(13)11-8-10(14)7-6-9(11)4-2/h6-8,12,14H,3-5,13H2,1-2H3. The van der Waals surface area contributed by atoms with E-state index >= 15 is 0 Å². The second-order valence-corrected chi connectivity index (χ2v) is 3.63. The van der Waals surface area contributed by atoms with Gasteiger partial charge >= 0.3 is 0 Å². The lowest BCUT2D eigenvalue weighted by Crippen LogP contribution is -2.11. The second kappa shape index (κ2) is 5.01. The number of hydrogen-bond donors (Lipinski definition) is 2. The van der Waals surface area contributed by atoms with Crippen LogP contribution in [0, 0.1) is 0 Å². The van der Waals surface area contributed by atoms with Gasteiger partial charge in [0.1, 0.15) is 5.75 Å². The van der Waals surface area contributed by atoms with Crippen LogP contribution in [-0.4, -0.2) is 5.11 Å². The van der Waals surface area contributed by atoms with Crippen molar-refractivity contribution in [2.45, 2.75) is 39.2 Å². The molecule has 0 fully saturated rings. The summed E-state index contributed by atoms with van der Waals surface area (Å²) >= 11 is 0. The Bertz CT molecular complexity index is 296. The molecule has 1 aromatic carbocycles. The summed E-state index contributed by atoms with van der Waals surface area (Å²) < 4.78 is 0. The zero-order valence-electron chi connectivity index (χ0n) is 8.96. The van der Waals surface area contributed by atoms with Gasteiger partial charge in [-0.05, 0) is 36.1 Å². The van der Waals surface area contributed by atoms with E-state index in [0.717, 1.165) is 24.8 Å². The average Bonchev–Trinajstić information content (AvgIpc) is 2.18. The van der Waals surface area contributed by atoms with Gasteiger partial charge in [0.15, 0.2) is 0 Å². The first-order chi connectivity index (χ1) is 6.69. The third kappa shape index (κ3) is 2.48. The monoisotopic (exact) mass is 193 g/mol. The third-order valence-electron chi connectivity index (χ3n) is 2.51. The smallest absolute Gasteiger partial charge is 0.115 e. The van der Waals surface area contributed by atoms with E-state index in [9.17, 15) is 5.11 Å². The highest BCUT2D eigenvalue weighted by Gasteiger charge is 2.09. The minimum Gasteiger partial charge on any atom is -0.508 e. The molecular formula is C12H19NO. The second-order valence-electron chi connectivity index (χ2n) is 3.63. The molecule has 78 valence electrons. The number of phenolic OH excluding ortho intramolecular Hbond substituents is 1. The molecular weight excluding hydrogens is 174 g/mol. The Morgan fingerprint density at radius 2 is 2.07 bits per heavy atom. The van der Waals surface area contributed by atoms with Crippen LogP contribution in [-0.2, 0) is 6.42 Å². The van der Waals surface area contributed by atoms with Crippen molar-refractivity contribution in [3.05, 3.63) is 29.3 Å². The van der Waals surface area contributed by atoms with E-state index in [1.807, 2.05) is 6.07 Å². The Hall–Kier alpha value is -1.02. The Kier molecular flexibility index (Phi) is 3.96. The number of aromatic hydroxyl groups is 1. The van der Waals surface area contributed by atoms with Crippen molar-refractivity contribution in [1.29, 1.82) is 0 Å². The van der Waals surface area contributed by atoms with Gasteiger partial charge in [-0.25, -0.2) is 0 Å². The third-order valence-corrected chi connectivity index (χ3v) is 2.51. The molecule has 2 heteroatoms. The topological polar surface area (TPSA) is 46.2 Å². The maximum atomic E-state index is 9.39. The number of aryl methyl sites for hydroxylation is 1. The highest BCUT2D eigenvalue weighted by Crippen LogP contribution is 2.24. The van der Waals surface area contributed by atoms with Crippen LogP contribution in [0.5, 0.6) is 5.75 Å². The van der Waals surface area contributed by atoms with Crippen molar-refractivity contribution >= 4 is 0 Å². The molecule has 0 heterocycles. The lowest BCUT2D eigenvalue weighted by Gasteiger charge is -2.15. The Morgan fingerprint density at radius 3 is 2.64 bits per heavy atom. The first-order valence-electron chi connectivity index (χ1n) is 5.26. The maximum absolute atomic E-state index is 9.39. The van der Waals surface area contributed by atoms with E-state index < -0.39 is 0 Å². The summed E-state index contributed by atoms with van der Waals surface area (Å²) in [4.78, 5) is 0. The van der Waals surface area contributed by atoms with Gasteiger partial charge in [0, 0.05) is 6.04 Å². The molecule has 0 aliphatic rings. The quantitative estimate of drug-likeness (QED) is 0.772. The zero-order chi connectivity index (χ0) is 10.6. The summed E-state index contributed by atoms with van der Waals surface area (Å²) in [6, 6.07) is 5.53. The molecule has 0 aliphatic carbocycles. The van der Waals surface area contributed by atoms with E-state index in [1.165, 1.54) is 5.56 Å². The summed E-state index contributed by atoms with van der Waals surface area (Å²) in [5, 5.41) is 9.39. The van der Waals surface area contributed by atoms with Crippen molar-refractivity contribution in [3.63, 3.8) is 0 Å². The van der Waals surface area contributed by atoms with Crippen molar-refractivity contribution in [2.75, 3.05) is 0 Å². The summed E-state index contributed by atoms with van der Waals surface area (Å²) in [7, 11) is 0. The largest absolute Gasteiger partial charge is 0.508 e. The Balaban J connectivity index is 2.97. The molecule has 0 saturated heterocycles. The van der Waals surface area contributed by atoms with Crippen LogP contribution in [0.1, 0.15) is 43.9 Å². The van der Waals surface area contributed by atoms with Crippen molar-refractivity contribution in [2.24, 2.45) is 5.73 Å². The van der Waals surface area contributed by atoms with Crippen LogP contribution >= 0.6 is 0 Å². The predicted octanol–water partition coefficient (Wildman–Crippen LogP) is 2.75. The predicted molar refractivity (Wildman–Crippen MR) is 59.3 cm³/mol. The SMILES string of the molecule is CCCC(N)c1cc(O)ccc1CC. The van der Waals surface area contributed by atoms with E-state index in [-0.39, 0.29) is 6.04 Å². The molecule has 14 heavy (non-hydrogen) atoms. The van der Waals surface area contributed by atoms with E-state index in [2.05, 4.69) is 13.8 Å². The number of rotatable bonds is 4. The van der Waals surface area contributed by atoms with E-state index in [1.54, 1.807) is 12.1 Å². The fourth-order valence-electron chi connectivity index (χ4n) is 1.72. The summed E-state index contributed by atoms with van der Waals surface area (Å²) in [6.07, 6.45) is 3.00. The van der Waals surface area contributed by atoms with Gasteiger partial charge in [-0.3, -0.25) is 0 Å². The summed E-state index contributed by atoms with van der Waals surface area (Å²) in [5.41, 5.74) is 8.37. The van der Waals surface area contributed by atoms with Crippen molar-refractivity contribution in [1.82, 2.24) is 0 Å². The summed E-state index contributed by atoms with van der Waals surface area (Å²) in [5.74, 6) is 0.309. The van der Waals surface area contributed by atoms with Crippen LogP contribution < -0.4 is 5.73 Å². The first kappa shape index (κ1) is 11.1. The fraction of sp³-hybridized carbons (Fsp3) is 0.500. The highest BCUT2D eigenvalue weighted by atomic mass is 16.3. The molecule has 0 bridgehead atoms. The van der Waals surface area contributed by atoms with Gasteiger partial charge in [-0.15, -0.1) is 0 Å². The van der Waals surface area contributed by atoms with Crippen molar-refractivity contribution < 1.29 is 5.11 Å². The van der Waals surface area contributed by atoms with Gasteiger partial charge in [-0.2, -0.15) is 0 Å². The molecule has 0 aromatic heterocycles. The fourth-order valence-corrected chi connectivity index (χ4v) is 1.72. The maximum Gasteiger partial charge on any atom is 0.115 e. The Labute approximate surface area is 85.8 Å². The van der Waals surface area contributed by atoms with E-state index in [0.29, 0.717) is 5.75 Å². The molecule has 0 aliphatic heterocycles. The van der Waals surface area contributed by atoms with Crippen LogP contribution in [0.4, 0.5) is 0 Å². The average molecular weight is 193 g/mol. The molecule has 0 saturated carbocycles. The van der Waals surface area contributed by atoms with Gasteiger partial charge in [-0.1, -0.05) is 26.3 Å². The molecule has 1 rings (SSSR count). The molecule has 1 atom stereocenters. The molecule has 1 unspecified atom stereocenters. The molecule has 2 nitrogen and oxygen atoms in total. The first-order valence-corrected chi connectivity index (χ1v) is 5.26. The lowest BCUT2D eigenvalue weighted by molar-refractivity contribution is 0.472. The molecule has 0 radical (unpaired) electrons. The minimum absolute atomic E-state index is 0.0575. The molecule has 0 amide bonds.